The van der Waals surface area contributed by atoms with E-state index in [4.69, 9.17) is 0 Å². The van der Waals surface area contributed by atoms with Crippen molar-refractivity contribution in [3.63, 3.8) is 0 Å². The van der Waals surface area contributed by atoms with Gasteiger partial charge in [-0.15, -0.1) is 11.3 Å². The first-order chi connectivity index (χ1) is 11.1. The largest absolute Gasteiger partial charge is 0.343 e. The first-order valence-corrected chi connectivity index (χ1v) is 9.37. The van der Waals surface area contributed by atoms with Crippen LogP contribution in [0.5, 0.6) is 0 Å². The topological polar surface area (TPSA) is 52.7 Å². The third-order valence-electron chi connectivity index (χ3n) is 5.01. The summed E-state index contributed by atoms with van der Waals surface area (Å²) >= 11 is 1.80. The lowest BCUT2D eigenvalue weighted by Gasteiger charge is -2.38. The Bertz CT molecular complexity index is 578. The molecule has 0 aromatic carbocycles. The second-order valence-corrected chi connectivity index (χ2v) is 7.40. The van der Waals surface area contributed by atoms with Gasteiger partial charge in [-0.2, -0.15) is 0 Å². The summed E-state index contributed by atoms with van der Waals surface area (Å²) in [6.07, 6.45) is 3.60. The third kappa shape index (κ3) is 3.37. The first kappa shape index (κ1) is 16.3. The number of thiophene rings is 1. The molecule has 0 bridgehead atoms. The molecule has 2 aliphatic heterocycles. The summed E-state index contributed by atoms with van der Waals surface area (Å²) in [5, 5.41) is 5.32. The van der Waals surface area contributed by atoms with E-state index in [0.717, 1.165) is 45.3 Å². The standard InChI is InChI=1S/C17H25N3O2S/c1-3-15-14-7-11-23-16(14)6-10-20(15)17(22)18-13-4-8-19(9-5-13)12(2)21/h7,11,13,15H,3-6,8-10H2,1-2H3,(H,18,22)/t15-/m0/s1. The number of nitrogens with zero attached hydrogens (tertiary/aromatic N) is 2. The molecular weight excluding hydrogens is 310 g/mol. The van der Waals surface area contributed by atoms with Crippen LogP contribution >= 0.6 is 11.3 Å². The molecule has 1 aromatic heterocycles. The number of carbonyl (C=O) groups excluding carboxylic acids is 2. The molecule has 1 aromatic rings. The Balaban J connectivity index is 1.60. The van der Waals surface area contributed by atoms with Gasteiger partial charge in [-0.1, -0.05) is 6.92 Å². The van der Waals surface area contributed by atoms with Gasteiger partial charge in [0.1, 0.15) is 0 Å². The Kier molecular flexibility index (Phi) is 4.90. The van der Waals surface area contributed by atoms with E-state index in [2.05, 4.69) is 23.7 Å². The summed E-state index contributed by atoms with van der Waals surface area (Å²) in [6.45, 7) is 6.03. The van der Waals surface area contributed by atoms with E-state index < -0.39 is 0 Å². The lowest BCUT2D eigenvalue weighted by Crippen LogP contribution is -2.51. The van der Waals surface area contributed by atoms with Crippen LogP contribution in [0.3, 0.4) is 0 Å². The molecule has 126 valence electrons. The zero-order valence-electron chi connectivity index (χ0n) is 13.9. The highest BCUT2D eigenvalue weighted by Gasteiger charge is 2.32. The summed E-state index contributed by atoms with van der Waals surface area (Å²) in [4.78, 5) is 29.4. The molecule has 2 aliphatic rings. The van der Waals surface area contributed by atoms with Gasteiger partial charge in [0.15, 0.2) is 0 Å². The molecule has 1 atom stereocenters. The number of nitrogens with one attached hydrogen (secondary N) is 1. The molecule has 0 spiro atoms. The number of likely N-dealkylation sites (tertiary alicyclic amines) is 1. The quantitative estimate of drug-likeness (QED) is 0.903. The fourth-order valence-electron chi connectivity index (χ4n) is 3.68. The maximum Gasteiger partial charge on any atom is 0.318 e. The molecule has 0 radical (unpaired) electrons. The number of fused-ring (bicyclic) bond motifs is 1. The van der Waals surface area contributed by atoms with Gasteiger partial charge in [-0.25, -0.2) is 4.79 Å². The Labute approximate surface area is 141 Å². The minimum atomic E-state index is 0.0509. The smallest absolute Gasteiger partial charge is 0.318 e. The molecule has 1 saturated heterocycles. The van der Waals surface area contributed by atoms with Crippen LogP contribution in [-0.2, 0) is 11.2 Å². The lowest BCUT2D eigenvalue weighted by atomic mass is 9.98. The van der Waals surface area contributed by atoms with Crippen molar-refractivity contribution in [1.82, 2.24) is 15.1 Å². The van der Waals surface area contributed by atoms with E-state index in [0.29, 0.717) is 0 Å². The monoisotopic (exact) mass is 335 g/mol. The van der Waals surface area contributed by atoms with Crippen LogP contribution in [0.1, 0.15) is 49.6 Å². The van der Waals surface area contributed by atoms with Crippen LogP contribution in [0.4, 0.5) is 4.79 Å². The molecule has 3 amide bonds. The van der Waals surface area contributed by atoms with E-state index in [-0.39, 0.29) is 24.0 Å². The first-order valence-electron chi connectivity index (χ1n) is 8.49. The number of urea groups is 1. The minimum absolute atomic E-state index is 0.0509. The van der Waals surface area contributed by atoms with Gasteiger partial charge in [0.2, 0.25) is 5.91 Å². The van der Waals surface area contributed by atoms with Crippen molar-refractivity contribution < 1.29 is 9.59 Å². The van der Waals surface area contributed by atoms with Gasteiger partial charge in [0, 0.05) is 37.5 Å². The molecule has 23 heavy (non-hydrogen) atoms. The van der Waals surface area contributed by atoms with Gasteiger partial charge in [0.05, 0.1) is 6.04 Å². The van der Waals surface area contributed by atoms with Crippen molar-refractivity contribution in [2.24, 2.45) is 0 Å². The molecule has 5 nitrogen and oxygen atoms in total. The average molecular weight is 335 g/mol. The van der Waals surface area contributed by atoms with Crippen molar-refractivity contribution in [3.05, 3.63) is 21.9 Å². The average Bonchev–Trinajstić information content (AvgIpc) is 3.02. The Morgan fingerprint density at radius 1 is 1.30 bits per heavy atom. The van der Waals surface area contributed by atoms with Crippen LogP contribution in [0, 0.1) is 0 Å². The second kappa shape index (κ2) is 6.91. The fraction of sp³-hybridized carbons (Fsp3) is 0.647. The Morgan fingerprint density at radius 2 is 2.04 bits per heavy atom. The fourth-order valence-corrected chi connectivity index (χ4v) is 4.60. The summed E-state index contributed by atoms with van der Waals surface area (Å²) in [5.74, 6) is 0.127. The zero-order chi connectivity index (χ0) is 16.4. The minimum Gasteiger partial charge on any atom is -0.343 e. The molecule has 0 saturated carbocycles. The molecule has 3 rings (SSSR count). The van der Waals surface area contributed by atoms with Crippen LogP contribution < -0.4 is 5.32 Å². The van der Waals surface area contributed by atoms with E-state index in [9.17, 15) is 9.59 Å². The third-order valence-corrected chi connectivity index (χ3v) is 6.01. The molecule has 0 unspecified atom stereocenters. The van der Waals surface area contributed by atoms with Crippen LogP contribution in [0.2, 0.25) is 0 Å². The number of piperidine rings is 1. The van der Waals surface area contributed by atoms with Gasteiger partial charge in [-0.3, -0.25) is 4.79 Å². The zero-order valence-corrected chi connectivity index (χ0v) is 14.7. The van der Waals surface area contributed by atoms with Crippen molar-refractivity contribution in [3.8, 4) is 0 Å². The maximum atomic E-state index is 12.7. The molecule has 0 aliphatic carbocycles. The summed E-state index contributed by atoms with van der Waals surface area (Å²) in [5.41, 5.74) is 1.32. The Hall–Kier alpha value is -1.56. The second-order valence-electron chi connectivity index (χ2n) is 6.40. The predicted octanol–water partition coefficient (Wildman–Crippen LogP) is 2.78. The predicted molar refractivity (Wildman–Crippen MR) is 91.6 cm³/mol. The normalized spacial score (nSPS) is 21.9. The molecule has 6 heteroatoms. The van der Waals surface area contributed by atoms with E-state index >= 15 is 0 Å². The van der Waals surface area contributed by atoms with Gasteiger partial charge in [-0.05, 0) is 42.7 Å². The van der Waals surface area contributed by atoms with Crippen molar-refractivity contribution >= 4 is 23.3 Å². The molecule has 3 heterocycles. The van der Waals surface area contributed by atoms with Gasteiger partial charge >= 0.3 is 6.03 Å². The van der Waals surface area contributed by atoms with E-state index in [1.807, 2.05) is 9.80 Å². The van der Waals surface area contributed by atoms with Crippen molar-refractivity contribution in [2.75, 3.05) is 19.6 Å². The number of amides is 3. The number of hydrogen-bond acceptors (Lipinski definition) is 3. The summed E-state index contributed by atoms with van der Waals surface area (Å²) < 4.78 is 0. The number of carbonyl (C=O) groups is 2. The highest BCUT2D eigenvalue weighted by atomic mass is 32.1. The SMILES string of the molecule is CC[C@H]1c2ccsc2CCN1C(=O)NC1CCN(C(C)=O)CC1. The van der Waals surface area contributed by atoms with Crippen molar-refractivity contribution in [2.45, 2.75) is 51.6 Å². The highest BCUT2D eigenvalue weighted by molar-refractivity contribution is 7.10. The number of rotatable bonds is 2. The lowest BCUT2D eigenvalue weighted by molar-refractivity contribution is -0.129. The van der Waals surface area contributed by atoms with E-state index in [1.54, 1.807) is 18.3 Å². The molecular formula is C17H25N3O2S. The van der Waals surface area contributed by atoms with E-state index in [1.165, 1.54) is 10.4 Å². The van der Waals surface area contributed by atoms with Crippen molar-refractivity contribution in [1.29, 1.82) is 0 Å². The molecule has 1 fully saturated rings. The van der Waals surface area contributed by atoms with Crippen LogP contribution in [-0.4, -0.2) is 47.4 Å². The molecule has 1 N–H and O–H groups in total. The summed E-state index contributed by atoms with van der Waals surface area (Å²) in [6, 6.07) is 2.59. The van der Waals surface area contributed by atoms with Gasteiger partial charge < -0.3 is 15.1 Å². The summed E-state index contributed by atoms with van der Waals surface area (Å²) in [7, 11) is 0. The Morgan fingerprint density at radius 3 is 2.70 bits per heavy atom. The maximum absolute atomic E-state index is 12.7. The van der Waals surface area contributed by atoms with Gasteiger partial charge in [0.25, 0.3) is 0 Å². The van der Waals surface area contributed by atoms with Crippen LogP contribution in [0.15, 0.2) is 11.4 Å². The highest BCUT2D eigenvalue weighted by Crippen LogP contribution is 2.35. The number of hydrogen-bond donors (Lipinski definition) is 1. The van der Waals surface area contributed by atoms with Crippen LogP contribution in [0.25, 0.3) is 0 Å².